The number of nitrogens with one attached hydrogen (secondary N) is 1. The predicted octanol–water partition coefficient (Wildman–Crippen LogP) is 4.70. The van der Waals surface area contributed by atoms with E-state index < -0.39 is 0 Å². The molecule has 0 aliphatic rings. The summed E-state index contributed by atoms with van der Waals surface area (Å²) in [4.78, 5) is 15.9. The highest BCUT2D eigenvalue weighted by Crippen LogP contribution is 2.20. The highest BCUT2D eigenvalue weighted by molar-refractivity contribution is 5.90. The molecule has 1 heterocycles. The van der Waals surface area contributed by atoms with Gasteiger partial charge in [-0.05, 0) is 49.7 Å². The van der Waals surface area contributed by atoms with Crippen molar-refractivity contribution < 1.29 is 13.9 Å². The number of rotatable bonds is 9. The largest absolute Gasteiger partial charge is 0.439 e. The first-order chi connectivity index (χ1) is 11.7. The number of carbonyl (C=O) groups is 1. The topological polar surface area (TPSA) is 77.2 Å². The van der Waals surface area contributed by atoms with Gasteiger partial charge in [0.05, 0.1) is 11.9 Å². The average molecular weight is 404 g/mol. The minimum absolute atomic E-state index is 0. The maximum atomic E-state index is 12.8. The Kier molecular flexibility index (Phi) is 12.4. The van der Waals surface area contributed by atoms with Crippen LogP contribution in [0.5, 0.6) is 11.6 Å². The lowest BCUT2D eigenvalue weighted by molar-refractivity contribution is -0.116. The van der Waals surface area contributed by atoms with Crippen LogP contribution in [-0.4, -0.2) is 17.4 Å². The van der Waals surface area contributed by atoms with E-state index in [0.29, 0.717) is 30.3 Å². The molecule has 144 valence electrons. The van der Waals surface area contributed by atoms with Gasteiger partial charge in [0.15, 0.2) is 0 Å². The highest BCUT2D eigenvalue weighted by atomic mass is 35.5. The molecule has 2 aromatic rings. The summed E-state index contributed by atoms with van der Waals surface area (Å²) < 4.78 is 18.3. The Labute approximate surface area is 165 Å². The van der Waals surface area contributed by atoms with Crippen LogP contribution in [0.25, 0.3) is 0 Å². The van der Waals surface area contributed by atoms with Gasteiger partial charge in [0, 0.05) is 12.5 Å². The number of halogens is 3. The molecule has 0 aliphatic carbocycles. The van der Waals surface area contributed by atoms with E-state index in [2.05, 4.69) is 10.3 Å². The van der Waals surface area contributed by atoms with Crippen LogP contribution in [0.4, 0.5) is 10.1 Å². The van der Waals surface area contributed by atoms with Crippen LogP contribution in [-0.2, 0) is 4.79 Å². The molecule has 8 heteroatoms. The minimum atomic E-state index is -0.323. The number of nitrogens with two attached hydrogens (primary N) is 1. The first kappa shape index (κ1) is 24.1. The normalized spacial score (nSPS) is 9.62. The molecule has 26 heavy (non-hydrogen) atoms. The van der Waals surface area contributed by atoms with Gasteiger partial charge in [-0.2, -0.15) is 0 Å². The summed E-state index contributed by atoms with van der Waals surface area (Å²) in [6, 6.07) is 9.06. The number of amides is 1. The van der Waals surface area contributed by atoms with Crippen LogP contribution in [0.1, 0.15) is 32.1 Å². The van der Waals surface area contributed by atoms with Gasteiger partial charge in [0.1, 0.15) is 11.6 Å². The maximum absolute atomic E-state index is 12.8. The van der Waals surface area contributed by atoms with E-state index in [0.717, 1.165) is 25.7 Å². The Morgan fingerprint density at radius 2 is 1.73 bits per heavy atom. The van der Waals surface area contributed by atoms with E-state index in [4.69, 9.17) is 10.5 Å². The molecule has 3 N–H and O–H groups in total. The number of benzene rings is 1. The number of hydrogen-bond acceptors (Lipinski definition) is 4. The van der Waals surface area contributed by atoms with Crippen molar-refractivity contribution in [1.82, 2.24) is 4.98 Å². The second-order valence-corrected chi connectivity index (χ2v) is 5.44. The van der Waals surface area contributed by atoms with Gasteiger partial charge in [-0.3, -0.25) is 4.79 Å². The zero-order chi connectivity index (χ0) is 17.2. The second kappa shape index (κ2) is 13.3. The van der Waals surface area contributed by atoms with Crippen LogP contribution in [0, 0.1) is 5.82 Å². The number of aromatic nitrogens is 1. The van der Waals surface area contributed by atoms with Gasteiger partial charge < -0.3 is 15.8 Å². The molecule has 0 radical (unpaired) electrons. The van der Waals surface area contributed by atoms with Crippen molar-refractivity contribution in [1.29, 1.82) is 0 Å². The highest BCUT2D eigenvalue weighted by Gasteiger charge is 2.04. The third kappa shape index (κ3) is 8.99. The molecule has 0 saturated heterocycles. The molecule has 0 fully saturated rings. The molecule has 5 nitrogen and oxygen atoms in total. The van der Waals surface area contributed by atoms with Crippen molar-refractivity contribution in [2.24, 2.45) is 5.73 Å². The number of carbonyl (C=O) groups excluding carboxylic acids is 1. The molecular weight excluding hydrogens is 380 g/mol. The number of unbranched alkanes of at least 4 members (excludes halogenated alkanes) is 3. The van der Waals surface area contributed by atoms with E-state index in [9.17, 15) is 9.18 Å². The van der Waals surface area contributed by atoms with Crippen molar-refractivity contribution in [3.63, 3.8) is 0 Å². The summed E-state index contributed by atoms with van der Waals surface area (Å²) in [6.07, 6.45) is 5.93. The first-order valence-corrected chi connectivity index (χ1v) is 8.07. The Morgan fingerprint density at radius 1 is 1.04 bits per heavy atom. The lowest BCUT2D eigenvalue weighted by Crippen LogP contribution is -2.11. The third-order valence-corrected chi connectivity index (χ3v) is 3.41. The molecule has 0 atom stereocenters. The number of pyridine rings is 1. The fraction of sp³-hybridized carbons (Fsp3) is 0.333. The van der Waals surface area contributed by atoms with Gasteiger partial charge in [-0.15, -0.1) is 24.8 Å². The lowest BCUT2D eigenvalue weighted by atomic mass is 10.1. The number of anilines is 1. The van der Waals surface area contributed by atoms with Gasteiger partial charge in [0.25, 0.3) is 0 Å². The summed E-state index contributed by atoms with van der Waals surface area (Å²) in [5, 5.41) is 2.80. The fourth-order valence-corrected chi connectivity index (χ4v) is 2.14. The Hall–Kier alpha value is -1.89. The van der Waals surface area contributed by atoms with Crippen LogP contribution < -0.4 is 15.8 Å². The number of nitrogens with zero attached hydrogens (tertiary/aromatic N) is 1. The van der Waals surface area contributed by atoms with Crippen molar-refractivity contribution in [3.05, 3.63) is 48.4 Å². The summed E-state index contributed by atoms with van der Waals surface area (Å²) in [5.41, 5.74) is 6.05. The summed E-state index contributed by atoms with van der Waals surface area (Å²) in [5.74, 6) is 0.521. The van der Waals surface area contributed by atoms with Crippen LogP contribution >= 0.6 is 24.8 Å². The van der Waals surface area contributed by atoms with Gasteiger partial charge in [-0.25, -0.2) is 9.37 Å². The van der Waals surface area contributed by atoms with E-state index in [1.54, 1.807) is 12.1 Å². The molecule has 1 aromatic heterocycles. The van der Waals surface area contributed by atoms with Crippen LogP contribution in [0.2, 0.25) is 0 Å². The molecule has 0 saturated carbocycles. The summed E-state index contributed by atoms with van der Waals surface area (Å²) in [7, 11) is 0. The van der Waals surface area contributed by atoms with E-state index in [1.807, 2.05) is 0 Å². The van der Waals surface area contributed by atoms with Gasteiger partial charge >= 0.3 is 0 Å². The fourth-order valence-electron chi connectivity index (χ4n) is 2.14. The molecule has 1 amide bonds. The van der Waals surface area contributed by atoms with E-state index >= 15 is 0 Å². The standard InChI is InChI=1S/C18H22FN3O2.2ClH/c19-14-6-9-16(10-7-14)24-18-11-8-15(13-21-18)22-17(23)5-3-1-2-4-12-20;;/h6-11,13H,1-5,12,20H2,(H,22,23);2*1H. The van der Waals surface area contributed by atoms with E-state index in [1.165, 1.54) is 30.5 Å². The third-order valence-electron chi connectivity index (χ3n) is 3.41. The Morgan fingerprint density at radius 3 is 2.35 bits per heavy atom. The van der Waals surface area contributed by atoms with E-state index in [-0.39, 0.29) is 36.5 Å². The smallest absolute Gasteiger partial charge is 0.224 e. The Bertz CT molecular complexity index is 640. The summed E-state index contributed by atoms with van der Waals surface area (Å²) in [6.45, 7) is 0.699. The number of ether oxygens (including phenoxy) is 1. The molecule has 0 aliphatic heterocycles. The zero-order valence-electron chi connectivity index (χ0n) is 14.3. The molecule has 1 aromatic carbocycles. The summed E-state index contributed by atoms with van der Waals surface area (Å²) >= 11 is 0. The first-order valence-electron chi connectivity index (χ1n) is 8.07. The second-order valence-electron chi connectivity index (χ2n) is 5.44. The van der Waals surface area contributed by atoms with Crippen molar-refractivity contribution in [2.75, 3.05) is 11.9 Å². The maximum Gasteiger partial charge on any atom is 0.224 e. The predicted molar refractivity (Wildman–Crippen MR) is 106 cm³/mol. The lowest BCUT2D eigenvalue weighted by Gasteiger charge is -2.07. The quantitative estimate of drug-likeness (QED) is 0.594. The minimum Gasteiger partial charge on any atom is -0.439 e. The van der Waals surface area contributed by atoms with Crippen molar-refractivity contribution in [2.45, 2.75) is 32.1 Å². The SMILES string of the molecule is Cl.Cl.NCCCCCCC(=O)Nc1ccc(Oc2ccc(F)cc2)nc1. The average Bonchev–Trinajstić information content (AvgIpc) is 2.58. The van der Waals surface area contributed by atoms with Gasteiger partial charge in [0.2, 0.25) is 11.8 Å². The van der Waals surface area contributed by atoms with Crippen molar-refractivity contribution >= 4 is 36.4 Å². The Balaban J connectivity index is 0.00000312. The molecule has 0 bridgehead atoms. The molecule has 0 spiro atoms. The van der Waals surface area contributed by atoms with Crippen molar-refractivity contribution in [3.8, 4) is 11.6 Å². The zero-order valence-corrected chi connectivity index (χ0v) is 16.0. The van der Waals surface area contributed by atoms with Crippen LogP contribution in [0.3, 0.4) is 0 Å². The molecule has 0 unspecified atom stereocenters. The monoisotopic (exact) mass is 403 g/mol. The molecular formula is C18H24Cl2FN3O2. The van der Waals surface area contributed by atoms with Gasteiger partial charge in [-0.1, -0.05) is 12.8 Å². The number of hydrogen-bond donors (Lipinski definition) is 2. The van der Waals surface area contributed by atoms with Crippen LogP contribution in [0.15, 0.2) is 42.6 Å². The molecule has 2 rings (SSSR count).